The number of primary amides is 1. The van der Waals surface area contributed by atoms with Gasteiger partial charge in [0.1, 0.15) is 5.69 Å². The maximum Gasteiger partial charge on any atom is 0.267 e. The number of amides is 2. The van der Waals surface area contributed by atoms with Gasteiger partial charge in [0.05, 0.1) is 5.41 Å². The zero-order chi connectivity index (χ0) is 27.5. The number of ether oxygens (including phenoxy) is 2. The van der Waals surface area contributed by atoms with Gasteiger partial charge in [0.15, 0.2) is 0 Å². The summed E-state index contributed by atoms with van der Waals surface area (Å²) in [5, 5.41) is 17.2. The van der Waals surface area contributed by atoms with Crippen molar-refractivity contribution in [3.8, 4) is 0 Å². The first-order valence-electron chi connectivity index (χ1n) is 12.2. The van der Waals surface area contributed by atoms with Gasteiger partial charge in [0, 0.05) is 6.20 Å². The van der Waals surface area contributed by atoms with Crippen LogP contribution in [-0.2, 0) is 19.7 Å². The number of nitro groups is 1. The SMILES string of the molecule is CCC(CC)(C(=O)NCCOCCOCCNc1ccc([N+](=O)[O-])c2n[se]nc12)c1cccnc1C(N)=O. The molecule has 0 bridgehead atoms. The number of aromatic nitrogens is 3. The molecule has 0 aliphatic rings. The van der Waals surface area contributed by atoms with Crippen LogP contribution in [-0.4, -0.2) is 84.2 Å². The number of nitrogens with one attached hydrogen (secondary N) is 2. The Morgan fingerprint density at radius 1 is 1.05 bits per heavy atom. The van der Waals surface area contributed by atoms with Crippen molar-refractivity contribution in [2.24, 2.45) is 5.73 Å². The van der Waals surface area contributed by atoms with E-state index in [1.165, 1.54) is 12.3 Å². The zero-order valence-electron chi connectivity index (χ0n) is 21.3. The molecule has 0 radical (unpaired) electrons. The van der Waals surface area contributed by atoms with Crippen LogP contribution < -0.4 is 16.4 Å². The van der Waals surface area contributed by atoms with E-state index >= 15 is 0 Å². The van der Waals surface area contributed by atoms with Crippen LogP contribution in [0.3, 0.4) is 0 Å². The van der Waals surface area contributed by atoms with Gasteiger partial charge >= 0.3 is 127 Å². The molecular formula is C24H31N7O6Se. The monoisotopic (exact) mass is 593 g/mol. The van der Waals surface area contributed by atoms with Crippen molar-refractivity contribution in [1.29, 1.82) is 0 Å². The van der Waals surface area contributed by atoms with Crippen molar-refractivity contribution in [3.05, 3.63) is 51.8 Å². The van der Waals surface area contributed by atoms with E-state index in [4.69, 9.17) is 15.2 Å². The van der Waals surface area contributed by atoms with Crippen molar-refractivity contribution in [1.82, 2.24) is 18.3 Å². The second-order valence-electron chi connectivity index (χ2n) is 8.31. The van der Waals surface area contributed by atoms with Gasteiger partial charge in [-0.1, -0.05) is 19.9 Å². The van der Waals surface area contributed by atoms with Gasteiger partial charge in [-0.15, -0.1) is 0 Å². The van der Waals surface area contributed by atoms with Crippen molar-refractivity contribution in [2.75, 3.05) is 44.8 Å². The van der Waals surface area contributed by atoms with Crippen LogP contribution in [0.1, 0.15) is 42.7 Å². The number of hydrogen-bond acceptors (Lipinski definition) is 10. The first-order valence-corrected chi connectivity index (χ1v) is 13.7. The minimum Gasteiger partial charge on any atom is -0.364 e. The van der Waals surface area contributed by atoms with Crippen LogP contribution in [0.25, 0.3) is 11.0 Å². The molecule has 0 unspecified atom stereocenters. The summed E-state index contributed by atoms with van der Waals surface area (Å²) in [6.07, 6.45) is 2.45. The van der Waals surface area contributed by atoms with E-state index in [0.29, 0.717) is 74.6 Å². The minimum absolute atomic E-state index is 0.0409. The standard InChI is InChI=1S/C24H31N7O6Se/c1-3-24(4-2,16-6-5-9-27-19(16)22(25)32)23(33)28-11-13-37-15-14-36-12-10-26-17-7-8-18(31(34)35)21-20(17)29-38-30-21/h5-9,26H,3-4,10-15H2,1-2H3,(H2,25,32)(H,28,33). The van der Waals surface area contributed by atoms with E-state index in [1.54, 1.807) is 18.2 Å². The molecule has 0 atom stereocenters. The predicted molar refractivity (Wildman–Crippen MR) is 141 cm³/mol. The number of fused-ring (bicyclic) bond motifs is 1. The number of non-ortho nitro benzene ring substituents is 1. The van der Waals surface area contributed by atoms with Crippen molar-refractivity contribution < 1.29 is 24.0 Å². The quantitative estimate of drug-likeness (QED) is 0.0951. The fraction of sp³-hybridized carbons (Fsp3) is 0.458. The van der Waals surface area contributed by atoms with E-state index in [1.807, 2.05) is 13.8 Å². The summed E-state index contributed by atoms with van der Waals surface area (Å²) in [4.78, 5) is 39.7. The molecule has 0 aliphatic carbocycles. The molecule has 0 saturated heterocycles. The second kappa shape index (κ2) is 13.9. The number of nitro benzene ring substituents is 1. The number of carbonyl (C=O) groups is 2. The molecule has 0 saturated carbocycles. The largest absolute Gasteiger partial charge is 0.364 e. The first-order chi connectivity index (χ1) is 18.4. The van der Waals surface area contributed by atoms with E-state index in [9.17, 15) is 19.7 Å². The summed E-state index contributed by atoms with van der Waals surface area (Å²) in [7, 11) is 0. The van der Waals surface area contributed by atoms with Gasteiger partial charge in [0.2, 0.25) is 5.91 Å². The molecule has 2 aromatic heterocycles. The summed E-state index contributed by atoms with van der Waals surface area (Å²) < 4.78 is 19.6. The third-order valence-corrected chi connectivity index (χ3v) is 7.36. The smallest absolute Gasteiger partial charge is 0.267 e. The van der Waals surface area contributed by atoms with Crippen LogP contribution in [0, 0.1) is 10.1 Å². The summed E-state index contributed by atoms with van der Waals surface area (Å²) in [5.41, 5.74) is 6.70. The molecule has 13 nitrogen and oxygen atoms in total. The van der Waals surface area contributed by atoms with E-state index in [2.05, 4.69) is 23.6 Å². The number of pyridine rings is 1. The average molecular weight is 593 g/mol. The van der Waals surface area contributed by atoms with Crippen LogP contribution >= 0.6 is 0 Å². The molecule has 1 aromatic carbocycles. The molecule has 2 amide bonds. The fourth-order valence-corrected chi connectivity index (χ4v) is 5.39. The Labute approximate surface area is 225 Å². The summed E-state index contributed by atoms with van der Waals surface area (Å²) in [6, 6.07) is 6.47. The zero-order valence-corrected chi connectivity index (χ0v) is 23.0. The maximum atomic E-state index is 13.1. The van der Waals surface area contributed by atoms with Crippen LogP contribution in [0.2, 0.25) is 0 Å². The molecule has 204 valence electrons. The van der Waals surface area contributed by atoms with Gasteiger partial charge < -0.3 is 11.1 Å². The molecule has 4 N–H and O–H groups in total. The third-order valence-electron chi connectivity index (χ3n) is 6.26. The van der Waals surface area contributed by atoms with E-state index in [-0.39, 0.29) is 32.3 Å². The Bertz CT molecular complexity index is 1260. The van der Waals surface area contributed by atoms with Gasteiger partial charge in [-0.3, -0.25) is 14.6 Å². The fourth-order valence-electron chi connectivity index (χ4n) is 4.19. The molecule has 0 spiro atoms. The number of carbonyl (C=O) groups excluding carboxylic acids is 2. The molecular weight excluding hydrogens is 561 g/mol. The molecule has 14 heteroatoms. The van der Waals surface area contributed by atoms with Crippen LogP contribution in [0.15, 0.2) is 30.5 Å². The predicted octanol–water partition coefficient (Wildman–Crippen LogP) is 1.41. The Hall–Kier alpha value is -3.45. The Morgan fingerprint density at radius 3 is 2.39 bits per heavy atom. The topological polar surface area (TPSA) is 184 Å². The number of nitrogens with two attached hydrogens (primary N) is 1. The van der Waals surface area contributed by atoms with Crippen LogP contribution in [0.4, 0.5) is 11.4 Å². The van der Waals surface area contributed by atoms with Gasteiger partial charge in [-0.25, -0.2) is 0 Å². The average Bonchev–Trinajstić information content (AvgIpc) is 3.41. The Balaban J connectivity index is 1.36. The number of nitrogens with zero attached hydrogens (tertiary/aromatic N) is 4. The van der Waals surface area contributed by atoms with E-state index in [0.717, 1.165) is 0 Å². The number of benzene rings is 1. The third kappa shape index (κ3) is 6.70. The molecule has 2 heterocycles. The van der Waals surface area contributed by atoms with Crippen molar-refractivity contribution in [2.45, 2.75) is 32.1 Å². The summed E-state index contributed by atoms with van der Waals surface area (Å²) >= 11 is -0.377. The molecule has 3 rings (SSSR count). The normalized spacial score (nSPS) is 11.4. The molecule has 38 heavy (non-hydrogen) atoms. The van der Waals surface area contributed by atoms with Gasteiger partial charge in [-0.2, -0.15) is 0 Å². The molecule has 3 aromatic rings. The number of anilines is 1. The second-order valence-corrected chi connectivity index (χ2v) is 9.42. The maximum absolute atomic E-state index is 13.1. The van der Waals surface area contributed by atoms with Crippen LogP contribution in [0.5, 0.6) is 0 Å². The van der Waals surface area contributed by atoms with Crippen molar-refractivity contribution >= 4 is 49.2 Å². The number of hydrogen-bond donors (Lipinski definition) is 3. The minimum atomic E-state index is -0.916. The van der Waals surface area contributed by atoms with Gasteiger partial charge in [0.25, 0.3) is 5.91 Å². The Morgan fingerprint density at radius 2 is 1.74 bits per heavy atom. The molecule has 0 fully saturated rings. The summed E-state index contributed by atoms with van der Waals surface area (Å²) in [5.74, 6) is -0.872. The number of rotatable bonds is 16. The Kier molecular flexibility index (Phi) is 10.7. The van der Waals surface area contributed by atoms with Gasteiger partial charge in [-0.05, 0) is 24.5 Å². The van der Waals surface area contributed by atoms with E-state index < -0.39 is 16.2 Å². The first kappa shape index (κ1) is 29.1. The molecule has 0 aliphatic heterocycles. The van der Waals surface area contributed by atoms with Crippen molar-refractivity contribution in [3.63, 3.8) is 0 Å². The summed E-state index contributed by atoms with van der Waals surface area (Å²) in [6.45, 7) is 5.98.